The number of methoxy groups -OCH3 is 1. The first-order valence-corrected chi connectivity index (χ1v) is 8.36. The second-order valence-corrected chi connectivity index (χ2v) is 5.82. The Morgan fingerprint density at radius 1 is 1.08 bits per heavy atom. The number of rotatable bonds is 8. The molecule has 3 rings (SSSR count). The highest BCUT2D eigenvalue weighted by atomic mass is 16.5. The highest BCUT2D eigenvalue weighted by Crippen LogP contribution is 2.25. The zero-order valence-electron chi connectivity index (χ0n) is 14.4. The first-order valence-electron chi connectivity index (χ1n) is 8.36. The largest absolute Gasteiger partial charge is 0.497 e. The molecule has 130 valence electrons. The van der Waals surface area contributed by atoms with Gasteiger partial charge in [0.2, 0.25) is 0 Å². The van der Waals surface area contributed by atoms with Gasteiger partial charge in [0.1, 0.15) is 5.75 Å². The number of aliphatic hydroxyl groups is 1. The predicted molar refractivity (Wildman–Crippen MR) is 98.6 cm³/mol. The smallest absolute Gasteiger partial charge is 0.118 e. The van der Waals surface area contributed by atoms with Crippen molar-refractivity contribution in [1.29, 1.82) is 0 Å². The van der Waals surface area contributed by atoms with E-state index in [2.05, 4.69) is 23.6 Å². The average Bonchev–Trinajstić information content (AvgIpc) is 3.05. The Balaban J connectivity index is 1.87. The van der Waals surface area contributed by atoms with Crippen LogP contribution < -0.4 is 10.1 Å². The van der Waals surface area contributed by atoms with Crippen LogP contribution in [0.3, 0.4) is 0 Å². The van der Waals surface area contributed by atoms with Gasteiger partial charge < -0.3 is 15.2 Å². The molecule has 0 bridgehead atoms. The summed E-state index contributed by atoms with van der Waals surface area (Å²) in [6.07, 6.45) is 2.07. The van der Waals surface area contributed by atoms with Crippen LogP contribution in [-0.2, 0) is 13.1 Å². The van der Waals surface area contributed by atoms with Crippen LogP contribution in [0.4, 0.5) is 0 Å². The molecule has 25 heavy (non-hydrogen) atoms. The van der Waals surface area contributed by atoms with Gasteiger partial charge in [-0.25, -0.2) is 0 Å². The molecule has 2 aromatic carbocycles. The molecule has 0 unspecified atom stereocenters. The van der Waals surface area contributed by atoms with Gasteiger partial charge >= 0.3 is 0 Å². The van der Waals surface area contributed by atoms with Crippen molar-refractivity contribution in [3.8, 4) is 17.0 Å². The van der Waals surface area contributed by atoms with E-state index in [9.17, 15) is 0 Å². The summed E-state index contributed by atoms with van der Waals surface area (Å²) >= 11 is 0. The van der Waals surface area contributed by atoms with Gasteiger partial charge in [0.15, 0.2) is 0 Å². The average molecular weight is 337 g/mol. The Bertz CT molecular complexity index is 782. The quantitative estimate of drug-likeness (QED) is 0.621. The fourth-order valence-electron chi connectivity index (χ4n) is 2.74. The Hall–Kier alpha value is -2.63. The molecule has 0 amide bonds. The molecule has 0 saturated heterocycles. The van der Waals surface area contributed by atoms with Crippen molar-refractivity contribution in [2.45, 2.75) is 13.1 Å². The second-order valence-electron chi connectivity index (χ2n) is 5.82. The third kappa shape index (κ3) is 4.47. The molecular formula is C20H23N3O2. The van der Waals surface area contributed by atoms with Crippen molar-refractivity contribution in [3.63, 3.8) is 0 Å². The fourth-order valence-corrected chi connectivity index (χ4v) is 2.74. The van der Waals surface area contributed by atoms with E-state index in [4.69, 9.17) is 14.9 Å². The van der Waals surface area contributed by atoms with Gasteiger partial charge in [-0.3, -0.25) is 4.68 Å². The van der Waals surface area contributed by atoms with Crippen LogP contribution in [0.1, 0.15) is 11.1 Å². The minimum Gasteiger partial charge on any atom is -0.497 e. The summed E-state index contributed by atoms with van der Waals surface area (Å²) < 4.78 is 7.20. The molecule has 0 saturated carbocycles. The highest BCUT2D eigenvalue weighted by molar-refractivity contribution is 5.63. The molecule has 5 nitrogen and oxygen atoms in total. The molecule has 0 aliphatic rings. The number of aromatic nitrogens is 2. The topological polar surface area (TPSA) is 59.3 Å². The van der Waals surface area contributed by atoms with Crippen molar-refractivity contribution in [2.24, 2.45) is 0 Å². The third-order valence-corrected chi connectivity index (χ3v) is 3.99. The number of nitrogens with one attached hydrogen (secondary N) is 1. The van der Waals surface area contributed by atoms with Crippen molar-refractivity contribution in [3.05, 3.63) is 71.9 Å². The van der Waals surface area contributed by atoms with E-state index in [-0.39, 0.29) is 6.61 Å². The normalized spacial score (nSPS) is 10.8. The van der Waals surface area contributed by atoms with Gasteiger partial charge in [-0.05, 0) is 29.8 Å². The standard InChI is InChI=1S/C20H23N3O2/c1-25-19-9-7-17(8-10-19)20-18(13-21-11-12-24)15-23(22-20)14-16-5-3-2-4-6-16/h2-10,15,21,24H,11-14H2,1H3. The maximum Gasteiger partial charge on any atom is 0.118 e. The Morgan fingerprint density at radius 2 is 1.84 bits per heavy atom. The number of nitrogens with zero attached hydrogens (tertiary/aromatic N) is 2. The van der Waals surface area contributed by atoms with E-state index >= 15 is 0 Å². The summed E-state index contributed by atoms with van der Waals surface area (Å²) in [6, 6.07) is 18.2. The van der Waals surface area contributed by atoms with E-state index in [0.717, 1.165) is 29.1 Å². The predicted octanol–water partition coefficient (Wildman–Crippen LogP) is 2.69. The molecule has 1 heterocycles. The molecular weight excluding hydrogens is 314 g/mol. The van der Waals surface area contributed by atoms with E-state index in [0.29, 0.717) is 13.1 Å². The summed E-state index contributed by atoms with van der Waals surface area (Å²) in [5, 5.41) is 17.0. The van der Waals surface area contributed by atoms with Crippen LogP contribution in [0.5, 0.6) is 5.75 Å². The molecule has 0 radical (unpaired) electrons. The van der Waals surface area contributed by atoms with Crippen LogP contribution in [0, 0.1) is 0 Å². The summed E-state index contributed by atoms with van der Waals surface area (Å²) in [7, 11) is 1.66. The zero-order valence-corrected chi connectivity index (χ0v) is 14.4. The maximum atomic E-state index is 8.99. The summed E-state index contributed by atoms with van der Waals surface area (Å²) in [6.45, 7) is 2.07. The zero-order chi connectivity index (χ0) is 17.5. The van der Waals surface area contributed by atoms with Gasteiger partial charge in [0.25, 0.3) is 0 Å². The minimum absolute atomic E-state index is 0.121. The number of hydrogen-bond donors (Lipinski definition) is 2. The van der Waals surface area contributed by atoms with Crippen LogP contribution in [0.25, 0.3) is 11.3 Å². The van der Waals surface area contributed by atoms with Gasteiger partial charge in [-0.1, -0.05) is 30.3 Å². The van der Waals surface area contributed by atoms with Crippen LogP contribution in [-0.4, -0.2) is 35.1 Å². The third-order valence-electron chi connectivity index (χ3n) is 3.99. The van der Waals surface area contributed by atoms with Crippen LogP contribution in [0.15, 0.2) is 60.8 Å². The van der Waals surface area contributed by atoms with E-state index in [1.54, 1.807) is 7.11 Å². The van der Waals surface area contributed by atoms with E-state index in [1.807, 2.05) is 47.1 Å². The lowest BCUT2D eigenvalue weighted by Crippen LogP contribution is -2.17. The lowest BCUT2D eigenvalue weighted by Gasteiger charge is -2.05. The molecule has 3 aromatic rings. The molecule has 0 aliphatic carbocycles. The first-order chi connectivity index (χ1) is 12.3. The molecule has 0 fully saturated rings. The Morgan fingerprint density at radius 3 is 2.52 bits per heavy atom. The van der Waals surface area contributed by atoms with Gasteiger partial charge in [-0.15, -0.1) is 0 Å². The summed E-state index contributed by atoms with van der Waals surface area (Å²) in [5.74, 6) is 0.826. The van der Waals surface area contributed by atoms with Crippen molar-refractivity contribution in [2.75, 3.05) is 20.3 Å². The number of benzene rings is 2. The lowest BCUT2D eigenvalue weighted by molar-refractivity contribution is 0.292. The number of hydrogen-bond acceptors (Lipinski definition) is 4. The Kier molecular flexibility index (Phi) is 5.82. The SMILES string of the molecule is COc1ccc(-c2nn(Cc3ccccc3)cc2CNCCO)cc1. The van der Waals surface area contributed by atoms with Crippen molar-refractivity contribution < 1.29 is 9.84 Å². The summed E-state index contributed by atoms with van der Waals surface area (Å²) in [5.41, 5.74) is 4.31. The van der Waals surface area contributed by atoms with Gasteiger partial charge in [-0.2, -0.15) is 5.10 Å². The minimum atomic E-state index is 0.121. The molecule has 0 aliphatic heterocycles. The Labute approximate surface area is 147 Å². The first kappa shape index (κ1) is 17.2. The van der Waals surface area contributed by atoms with E-state index < -0.39 is 0 Å². The fraction of sp³-hybridized carbons (Fsp3) is 0.250. The molecule has 1 aromatic heterocycles. The molecule has 2 N–H and O–H groups in total. The highest BCUT2D eigenvalue weighted by Gasteiger charge is 2.11. The monoisotopic (exact) mass is 337 g/mol. The van der Waals surface area contributed by atoms with Crippen LogP contribution >= 0.6 is 0 Å². The van der Waals surface area contributed by atoms with Gasteiger partial charge in [0.05, 0.1) is 26.0 Å². The number of aliphatic hydroxyl groups excluding tert-OH is 1. The molecule has 0 atom stereocenters. The molecule has 0 spiro atoms. The summed E-state index contributed by atoms with van der Waals surface area (Å²) in [4.78, 5) is 0. The van der Waals surface area contributed by atoms with Gasteiger partial charge in [0, 0.05) is 30.4 Å². The van der Waals surface area contributed by atoms with Crippen LogP contribution in [0.2, 0.25) is 0 Å². The van der Waals surface area contributed by atoms with E-state index in [1.165, 1.54) is 5.56 Å². The molecule has 5 heteroatoms. The van der Waals surface area contributed by atoms with Crippen molar-refractivity contribution >= 4 is 0 Å². The number of ether oxygens (including phenoxy) is 1. The lowest BCUT2D eigenvalue weighted by atomic mass is 10.1. The second kappa shape index (κ2) is 8.46. The van der Waals surface area contributed by atoms with Crippen molar-refractivity contribution in [1.82, 2.24) is 15.1 Å². The maximum absolute atomic E-state index is 8.99.